The van der Waals surface area contributed by atoms with Crippen molar-refractivity contribution in [3.8, 4) is 0 Å². The van der Waals surface area contributed by atoms with Crippen LogP contribution in [0.2, 0.25) is 0 Å². The maximum atomic E-state index is 4.20. The number of hydrogen-bond donors (Lipinski definition) is 1. The molecule has 1 aromatic rings. The second-order valence-corrected chi connectivity index (χ2v) is 5.38. The standard InChI is InChI=1S/C15H25N3/c1-16-14-8-4-3-5-9-15(14)18(2)12-13-7-6-10-17-11-13/h6-7,10-11,14-16H,3-5,8-9,12H2,1-2H3. The van der Waals surface area contributed by atoms with Gasteiger partial charge in [0.1, 0.15) is 0 Å². The summed E-state index contributed by atoms with van der Waals surface area (Å²) in [5.74, 6) is 0. The Morgan fingerprint density at radius 3 is 2.89 bits per heavy atom. The number of hydrogen-bond acceptors (Lipinski definition) is 3. The lowest BCUT2D eigenvalue weighted by Gasteiger charge is -2.33. The molecule has 3 nitrogen and oxygen atoms in total. The summed E-state index contributed by atoms with van der Waals surface area (Å²) >= 11 is 0. The zero-order valence-corrected chi connectivity index (χ0v) is 11.6. The van der Waals surface area contributed by atoms with Gasteiger partial charge >= 0.3 is 0 Å². The number of pyridine rings is 1. The lowest BCUT2D eigenvalue weighted by atomic mass is 10.0. The van der Waals surface area contributed by atoms with E-state index in [0.717, 1.165) is 6.54 Å². The third-order valence-corrected chi connectivity index (χ3v) is 4.07. The average Bonchev–Trinajstić information content (AvgIpc) is 2.64. The van der Waals surface area contributed by atoms with Gasteiger partial charge in [0.25, 0.3) is 0 Å². The van der Waals surface area contributed by atoms with E-state index in [1.165, 1.54) is 37.7 Å². The third-order valence-electron chi connectivity index (χ3n) is 4.07. The van der Waals surface area contributed by atoms with E-state index in [4.69, 9.17) is 0 Å². The minimum absolute atomic E-state index is 0.633. The highest BCUT2D eigenvalue weighted by atomic mass is 15.2. The minimum atomic E-state index is 0.633. The number of nitrogens with zero attached hydrogens (tertiary/aromatic N) is 2. The molecule has 100 valence electrons. The summed E-state index contributed by atoms with van der Waals surface area (Å²) in [6, 6.07) is 5.47. The Kier molecular flexibility index (Phi) is 5.14. The van der Waals surface area contributed by atoms with Gasteiger partial charge in [-0.15, -0.1) is 0 Å². The molecule has 18 heavy (non-hydrogen) atoms. The Bertz CT molecular complexity index is 339. The number of aromatic nitrogens is 1. The number of nitrogens with one attached hydrogen (secondary N) is 1. The first-order chi connectivity index (χ1) is 8.81. The smallest absolute Gasteiger partial charge is 0.0312 e. The molecule has 2 unspecified atom stereocenters. The van der Waals surface area contributed by atoms with E-state index in [1.54, 1.807) is 0 Å². The number of likely N-dealkylation sites (N-methyl/N-ethyl adjacent to an activating group) is 2. The summed E-state index contributed by atoms with van der Waals surface area (Å²) in [5.41, 5.74) is 1.30. The van der Waals surface area contributed by atoms with Crippen LogP contribution in [0, 0.1) is 0 Å². The average molecular weight is 247 g/mol. The molecular weight excluding hydrogens is 222 g/mol. The monoisotopic (exact) mass is 247 g/mol. The Morgan fingerprint density at radius 1 is 1.33 bits per heavy atom. The molecule has 2 rings (SSSR count). The van der Waals surface area contributed by atoms with Crippen LogP contribution < -0.4 is 5.32 Å². The van der Waals surface area contributed by atoms with Crippen molar-refractivity contribution in [3.05, 3.63) is 30.1 Å². The highest BCUT2D eigenvalue weighted by Crippen LogP contribution is 2.22. The van der Waals surface area contributed by atoms with Crippen LogP contribution >= 0.6 is 0 Å². The van der Waals surface area contributed by atoms with Crippen molar-refractivity contribution in [2.75, 3.05) is 14.1 Å². The summed E-state index contributed by atoms with van der Waals surface area (Å²) in [6.45, 7) is 0.997. The lowest BCUT2D eigenvalue weighted by molar-refractivity contribution is 0.179. The molecule has 0 amide bonds. The van der Waals surface area contributed by atoms with Gasteiger partial charge in [0.15, 0.2) is 0 Å². The molecule has 3 heteroatoms. The van der Waals surface area contributed by atoms with E-state index in [1.807, 2.05) is 18.5 Å². The van der Waals surface area contributed by atoms with E-state index in [0.29, 0.717) is 12.1 Å². The van der Waals surface area contributed by atoms with Crippen LogP contribution in [0.1, 0.15) is 37.7 Å². The van der Waals surface area contributed by atoms with Gasteiger partial charge in [0.05, 0.1) is 0 Å². The van der Waals surface area contributed by atoms with Crippen molar-refractivity contribution < 1.29 is 0 Å². The van der Waals surface area contributed by atoms with E-state index in [9.17, 15) is 0 Å². The molecule has 1 saturated carbocycles. The molecule has 1 fully saturated rings. The van der Waals surface area contributed by atoms with Crippen molar-refractivity contribution in [1.29, 1.82) is 0 Å². The third kappa shape index (κ3) is 3.53. The molecule has 2 atom stereocenters. The molecule has 0 bridgehead atoms. The molecule has 0 aromatic carbocycles. The van der Waals surface area contributed by atoms with Crippen molar-refractivity contribution in [1.82, 2.24) is 15.2 Å². The van der Waals surface area contributed by atoms with Gasteiger partial charge in [-0.1, -0.05) is 25.3 Å². The van der Waals surface area contributed by atoms with Crippen LogP contribution in [-0.2, 0) is 6.54 Å². The van der Waals surface area contributed by atoms with Crippen molar-refractivity contribution >= 4 is 0 Å². The van der Waals surface area contributed by atoms with Crippen molar-refractivity contribution in [3.63, 3.8) is 0 Å². The topological polar surface area (TPSA) is 28.2 Å². The van der Waals surface area contributed by atoms with Crippen LogP contribution in [0.15, 0.2) is 24.5 Å². The van der Waals surface area contributed by atoms with Crippen LogP contribution in [0.25, 0.3) is 0 Å². The largest absolute Gasteiger partial charge is 0.315 e. The fourth-order valence-electron chi connectivity index (χ4n) is 3.05. The Labute approximate surface area is 111 Å². The van der Waals surface area contributed by atoms with E-state index >= 15 is 0 Å². The van der Waals surface area contributed by atoms with Gasteiger partial charge in [-0.3, -0.25) is 9.88 Å². The molecule has 0 saturated heterocycles. The maximum Gasteiger partial charge on any atom is 0.0312 e. The van der Waals surface area contributed by atoms with Crippen molar-refractivity contribution in [2.45, 2.75) is 50.7 Å². The first kappa shape index (κ1) is 13.5. The van der Waals surface area contributed by atoms with Gasteiger partial charge < -0.3 is 5.32 Å². The summed E-state index contributed by atoms with van der Waals surface area (Å²) < 4.78 is 0. The van der Waals surface area contributed by atoms with Gasteiger partial charge in [-0.25, -0.2) is 0 Å². The van der Waals surface area contributed by atoms with Crippen molar-refractivity contribution in [2.24, 2.45) is 0 Å². The molecule has 1 heterocycles. The molecule has 1 aliphatic rings. The second-order valence-electron chi connectivity index (χ2n) is 5.38. The molecular formula is C15H25N3. The second kappa shape index (κ2) is 6.86. The lowest BCUT2D eigenvalue weighted by Crippen LogP contribution is -2.46. The normalized spacial score (nSPS) is 25.1. The van der Waals surface area contributed by atoms with Crippen LogP contribution in [0.4, 0.5) is 0 Å². The number of rotatable bonds is 4. The molecule has 0 radical (unpaired) electrons. The van der Waals surface area contributed by atoms with E-state index in [-0.39, 0.29) is 0 Å². The minimum Gasteiger partial charge on any atom is -0.315 e. The maximum absolute atomic E-state index is 4.20. The molecule has 1 aliphatic carbocycles. The molecule has 1 aromatic heterocycles. The zero-order valence-electron chi connectivity index (χ0n) is 11.6. The highest BCUT2D eigenvalue weighted by Gasteiger charge is 2.25. The quantitative estimate of drug-likeness (QED) is 0.828. The Balaban J connectivity index is 1.99. The van der Waals surface area contributed by atoms with Gasteiger partial charge in [-0.2, -0.15) is 0 Å². The Morgan fingerprint density at radius 2 is 2.17 bits per heavy atom. The van der Waals surface area contributed by atoms with E-state index < -0.39 is 0 Å². The SMILES string of the molecule is CNC1CCCCCC1N(C)Cc1cccnc1. The first-order valence-electron chi connectivity index (χ1n) is 7.07. The Hall–Kier alpha value is -0.930. The predicted octanol–water partition coefficient (Wildman–Crippen LogP) is 2.43. The van der Waals surface area contributed by atoms with E-state index in [2.05, 4.69) is 35.4 Å². The summed E-state index contributed by atoms with van der Waals surface area (Å²) in [5, 5.41) is 3.50. The molecule has 0 spiro atoms. The predicted molar refractivity (Wildman–Crippen MR) is 75.4 cm³/mol. The van der Waals surface area contributed by atoms with Gasteiger partial charge in [-0.05, 0) is 38.6 Å². The fourth-order valence-corrected chi connectivity index (χ4v) is 3.05. The molecule has 1 N–H and O–H groups in total. The van der Waals surface area contributed by atoms with Gasteiger partial charge in [0.2, 0.25) is 0 Å². The van der Waals surface area contributed by atoms with Crippen LogP contribution in [-0.4, -0.2) is 36.1 Å². The fraction of sp³-hybridized carbons (Fsp3) is 0.667. The zero-order chi connectivity index (χ0) is 12.8. The van der Waals surface area contributed by atoms with Gasteiger partial charge in [0, 0.05) is 31.0 Å². The summed E-state index contributed by atoms with van der Waals surface area (Å²) in [6.07, 6.45) is 10.5. The van der Waals surface area contributed by atoms with Crippen LogP contribution in [0.5, 0.6) is 0 Å². The molecule has 0 aliphatic heterocycles. The summed E-state index contributed by atoms with van der Waals surface area (Å²) in [7, 11) is 4.34. The first-order valence-corrected chi connectivity index (χ1v) is 7.07. The van der Waals surface area contributed by atoms with Crippen LogP contribution in [0.3, 0.4) is 0 Å². The highest BCUT2D eigenvalue weighted by molar-refractivity contribution is 5.08. The summed E-state index contributed by atoms with van der Waals surface area (Å²) in [4.78, 5) is 6.69.